The van der Waals surface area contributed by atoms with Crippen molar-refractivity contribution in [1.29, 1.82) is 0 Å². The van der Waals surface area contributed by atoms with Crippen molar-refractivity contribution in [3.05, 3.63) is 0 Å². The van der Waals surface area contributed by atoms with E-state index in [1.165, 1.54) is 0 Å². The van der Waals surface area contributed by atoms with E-state index >= 15 is 0 Å². The molecule has 0 aliphatic heterocycles. The first kappa shape index (κ1) is 15.6. The molecule has 0 aliphatic carbocycles. The second kappa shape index (κ2) is 7.05. The molecule has 0 bridgehead atoms. The zero-order valence-electron chi connectivity index (χ0n) is 8.15. The quantitative estimate of drug-likeness (QED) is 0.249. The zero-order valence-corrected chi connectivity index (χ0v) is 9.74. The maximum absolute atomic E-state index is 11.1. The van der Waals surface area contributed by atoms with Gasteiger partial charge in [0.1, 0.15) is 24.4 Å². The van der Waals surface area contributed by atoms with E-state index in [1.54, 1.807) is 0 Å². The van der Waals surface area contributed by atoms with E-state index in [0.29, 0.717) is 0 Å². The lowest BCUT2D eigenvalue weighted by Crippen LogP contribution is -2.50. The molecule has 0 spiro atoms. The molecular formula is C8H13BrO7. The van der Waals surface area contributed by atoms with Gasteiger partial charge in [0.05, 0.1) is 11.9 Å². The summed E-state index contributed by atoms with van der Waals surface area (Å²) in [5.74, 6) is -2.26. The number of alkyl halides is 1. The average molecular weight is 301 g/mol. The Morgan fingerprint density at radius 3 is 1.94 bits per heavy atom. The van der Waals surface area contributed by atoms with Gasteiger partial charge in [0.15, 0.2) is 0 Å². The van der Waals surface area contributed by atoms with Crippen LogP contribution in [0.25, 0.3) is 0 Å². The molecule has 94 valence electrons. The van der Waals surface area contributed by atoms with Crippen molar-refractivity contribution >= 4 is 27.5 Å². The van der Waals surface area contributed by atoms with Crippen LogP contribution in [0.5, 0.6) is 0 Å². The van der Waals surface area contributed by atoms with Crippen LogP contribution in [-0.4, -0.2) is 73.5 Å². The Morgan fingerprint density at radius 1 is 1.06 bits per heavy atom. The fourth-order valence-electron chi connectivity index (χ4n) is 0.908. The Bertz CT molecular complexity index is 257. The third kappa shape index (κ3) is 3.89. The molecule has 0 saturated carbocycles. The van der Waals surface area contributed by atoms with Crippen molar-refractivity contribution in [3.8, 4) is 0 Å². The van der Waals surface area contributed by atoms with Gasteiger partial charge in [-0.05, 0) is 0 Å². The van der Waals surface area contributed by atoms with Gasteiger partial charge in [-0.15, -0.1) is 0 Å². The number of carbonyl (C=O) groups excluding carboxylic acids is 2. The van der Waals surface area contributed by atoms with Crippen molar-refractivity contribution in [2.45, 2.75) is 24.4 Å². The third-order valence-corrected chi connectivity index (χ3v) is 2.43. The van der Waals surface area contributed by atoms with E-state index in [1.807, 2.05) is 0 Å². The van der Waals surface area contributed by atoms with Crippen LogP contribution in [0.2, 0.25) is 0 Å². The Balaban J connectivity index is 4.54. The first-order valence-corrected chi connectivity index (χ1v) is 5.45. The van der Waals surface area contributed by atoms with Crippen molar-refractivity contribution in [1.82, 2.24) is 0 Å². The van der Waals surface area contributed by atoms with Gasteiger partial charge in [-0.1, -0.05) is 15.9 Å². The molecule has 5 N–H and O–H groups in total. The molecule has 4 atom stereocenters. The number of Topliss-reactive ketones (excluding diaryl/α,β-unsaturated/α-hetero) is 2. The predicted molar refractivity (Wildman–Crippen MR) is 54.9 cm³/mol. The maximum Gasteiger partial charge on any atom is 0.230 e. The van der Waals surface area contributed by atoms with Crippen LogP contribution in [0, 0.1) is 0 Å². The van der Waals surface area contributed by atoms with Gasteiger partial charge >= 0.3 is 0 Å². The molecule has 0 amide bonds. The summed E-state index contributed by atoms with van der Waals surface area (Å²) in [6, 6.07) is 0. The van der Waals surface area contributed by atoms with Crippen LogP contribution in [0.15, 0.2) is 0 Å². The number of ketones is 2. The van der Waals surface area contributed by atoms with Gasteiger partial charge in [-0.3, -0.25) is 9.59 Å². The van der Waals surface area contributed by atoms with Crippen molar-refractivity contribution in [2.75, 3.05) is 11.9 Å². The second-order valence-corrected chi connectivity index (χ2v) is 3.66. The fraction of sp³-hybridized carbons (Fsp3) is 0.750. The molecule has 0 aromatic heterocycles. The van der Waals surface area contributed by atoms with Gasteiger partial charge in [-0.25, -0.2) is 0 Å². The van der Waals surface area contributed by atoms with Gasteiger partial charge in [0.2, 0.25) is 11.6 Å². The van der Waals surface area contributed by atoms with Crippen LogP contribution < -0.4 is 0 Å². The molecule has 7 nitrogen and oxygen atoms in total. The number of rotatable bonds is 7. The fourth-order valence-corrected chi connectivity index (χ4v) is 1.18. The first-order chi connectivity index (χ1) is 7.36. The predicted octanol–water partition coefficient (Wildman–Crippen LogP) is -3.04. The monoisotopic (exact) mass is 300 g/mol. The van der Waals surface area contributed by atoms with Crippen LogP contribution in [0.4, 0.5) is 0 Å². The molecule has 0 aromatic carbocycles. The highest BCUT2D eigenvalue weighted by molar-refractivity contribution is 9.09. The van der Waals surface area contributed by atoms with Gasteiger partial charge in [0.25, 0.3) is 0 Å². The van der Waals surface area contributed by atoms with Crippen molar-refractivity contribution < 1.29 is 35.1 Å². The molecule has 0 aliphatic rings. The standard InChI is InChI=1S/C8H13BrO7/c9-1-3(11)5(13)7(15)8(16)6(14)4(12)2-10/h4,6-8,10,12,14-16H,1-2H2/t4-,6+,7+,8+/m1/s1. The minimum absolute atomic E-state index is 0.325. The highest BCUT2D eigenvalue weighted by Crippen LogP contribution is 2.07. The Kier molecular flexibility index (Phi) is 6.88. The third-order valence-electron chi connectivity index (χ3n) is 1.92. The van der Waals surface area contributed by atoms with E-state index in [4.69, 9.17) is 15.3 Å². The SMILES string of the molecule is O=C(CBr)C(=O)[C@H](O)[C@@H](O)[C@@H](O)[C@H](O)CO. The number of halogens is 1. The maximum atomic E-state index is 11.1. The lowest BCUT2D eigenvalue weighted by Gasteiger charge is -2.24. The lowest BCUT2D eigenvalue weighted by atomic mass is 9.99. The molecule has 8 heteroatoms. The van der Waals surface area contributed by atoms with Gasteiger partial charge < -0.3 is 25.5 Å². The molecule has 0 saturated heterocycles. The molecular weight excluding hydrogens is 288 g/mol. The highest BCUT2D eigenvalue weighted by Gasteiger charge is 2.36. The molecule has 0 unspecified atom stereocenters. The molecule has 0 heterocycles. The van der Waals surface area contributed by atoms with Crippen LogP contribution >= 0.6 is 15.9 Å². The van der Waals surface area contributed by atoms with Gasteiger partial charge in [0, 0.05) is 0 Å². The summed E-state index contributed by atoms with van der Waals surface area (Å²) < 4.78 is 0. The molecule has 0 fully saturated rings. The number of aliphatic hydroxyl groups excluding tert-OH is 5. The van der Waals surface area contributed by atoms with E-state index in [9.17, 15) is 19.8 Å². The summed E-state index contributed by atoms with van der Waals surface area (Å²) in [4.78, 5) is 21.9. The van der Waals surface area contributed by atoms with E-state index in [2.05, 4.69) is 15.9 Å². The minimum Gasteiger partial charge on any atom is -0.394 e. The van der Waals surface area contributed by atoms with Crippen LogP contribution in [0.1, 0.15) is 0 Å². The topological polar surface area (TPSA) is 135 Å². The summed E-state index contributed by atoms with van der Waals surface area (Å²) in [5, 5.41) is 44.7. The number of hydrogen-bond acceptors (Lipinski definition) is 7. The number of aliphatic hydroxyl groups is 5. The van der Waals surface area contributed by atoms with E-state index in [-0.39, 0.29) is 5.33 Å². The number of carbonyl (C=O) groups is 2. The normalized spacial score (nSPS) is 18.6. The summed E-state index contributed by atoms with van der Waals surface area (Å²) in [6.07, 6.45) is -7.82. The summed E-state index contributed by atoms with van der Waals surface area (Å²) in [5.41, 5.74) is 0. The highest BCUT2D eigenvalue weighted by atomic mass is 79.9. The summed E-state index contributed by atoms with van der Waals surface area (Å²) in [7, 11) is 0. The molecule has 16 heavy (non-hydrogen) atoms. The smallest absolute Gasteiger partial charge is 0.230 e. The van der Waals surface area contributed by atoms with Crippen LogP contribution in [0.3, 0.4) is 0 Å². The lowest BCUT2D eigenvalue weighted by molar-refractivity contribution is -0.153. The van der Waals surface area contributed by atoms with Gasteiger partial charge in [-0.2, -0.15) is 0 Å². The number of hydrogen-bond donors (Lipinski definition) is 5. The largest absolute Gasteiger partial charge is 0.394 e. The second-order valence-electron chi connectivity index (χ2n) is 3.10. The summed E-state index contributed by atoms with van der Waals surface area (Å²) in [6.45, 7) is -0.856. The minimum atomic E-state index is -2.14. The Hall–Kier alpha value is -0.380. The van der Waals surface area contributed by atoms with E-state index in [0.717, 1.165) is 0 Å². The average Bonchev–Trinajstić information content (AvgIpc) is 2.32. The van der Waals surface area contributed by atoms with Crippen LogP contribution in [-0.2, 0) is 9.59 Å². The Labute approximate surface area is 99.5 Å². The molecule has 0 aromatic rings. The van der Waals surface area contributed by atoms with Crippen molar-refractivity contribution in [2.24, 2.45) is 0 Å². The molecule has 0 rings (SSSR count). The zero-order chi connectivity index (χ0) is 12.9. The summed E-state index contributed by atoms with van der Waals surface area (Å²) >= 11 is 2.70. The first-order valence-electron chi connectivity index (χ1n) is 4.33. The van der Waals surface area contributed by atoms with E-state index < -0.39 is 42.6 Å². The Morgan fingerprint density at radius 2 is 1.56 bits per heavy atom. The molecule has 0 radical (unpaired) electrons. The van der Waals surface area contributed by atoms with Crippen molar-refractivity contribution in [3.63, 3.8) is 0 Å².